The molecule has 0 aliphatic heterocycles. The van der Waals surface area contributed by atoms with Gasteiger partial charge in [-0.1, -0.05) is 35.3 Å². The van der Waals surface area contributed by atoms with E-state index in [1.165, 1.54) is 0 Å². The van der Waals surface area contributed by atoms with Crippen LogP contribution in [0.4, 0.5) is 0 Å². The highest BCUT2D eigenvalue weighted by molar-refractivity contribution is 6.30. The first-order chi connectivity index (χ1) is 13.7. The van der Waals surface area contributed by atoms with Gasteiger partial charge in [-0.05, 0) is 48.5 Å². The molecule has 2 atom stereocenters. The molecule has 28 heavy (non-hydrogen) atoms. The summed E-state index contributed by atoms with van der Waals surface area (Å²) in [5.74, 6) is -0.471. The number of aromatic nitrogens is 4. The summed E-state index contributed by atoms with van der Waals surface area (Å²) in [4.78, 5) is 18.4. The van der Waals surface area contributed by atoms with E-state index in [9.17, 15) is 0 Å². The van der Waals surface area contributed by atoms with Crippen molar-refractivity contribution in [3.8, 4) is 0 Å². The van der Waals surface area contributed by atoms with Crippen molar-refractivity contribution in [2.24, 2.45) is 0 Å². The van der Waals surface area contributed by atoms with Gasteiger partial charge in [0.25, 0.3) is 0 Å². The van der Waals surface area contributed by atoms with Crippen LogP contribution >= 0.6 is 23.2 Å². The smallest absolute Gasteiger partial charge is 0.0576 e. The Hall–Kier alpha value is -2.82. The molecule has 0 fully saturated rings. The molecule has 4 nitrogen and oxygen atoms in total. The zero-order valence-electron chi connectivity index (χ0n) is 14.8. The molecule has 0 aromatic carbocycles. The van der Waals surface area contributed by atoms with Crippen LogP contribution in [0, 0.1) is 0 Å². The van der Waals surface area contributed by atoms with Crippen LogP contribution in [0.3, 0.4) is 0 Å². The minimum Gasteiger partial charge on any atom is -0.261 e. The minimum absolute atomic E-state index is 0.235. The molecule has 4 heterocycles. The van der Waals surface area contributed by atoms with Crippen molar-refractivity contribution in [3.05, 3.63) is 118 Å². The van der Waals surface area contributed by atoms with Gasteiger partial charge in [0.2, 0.25) is 0 Å². The third-order valence-corrected chi connectivity index (χ3v) is 4.94. The lowest BCUT2D eigenvalue weighted by Crippen LogP contribution is -2.19. The molecular weight excluding hydrogens is 391 g/mol. The highest BCUT2D eigenvalue weighted by Crippen LogP contribution is 2.40. The predicted octanol–water partition coefficient (Wildman–Crippen LogP) is 5.54. The molecule has 6 heteroatoms. The fraction of sp³-hybridized carbons (Fsp3) is 0.0909. The molecule has 0 saturated heterocycles. The van der Waals surface area contributed by atoms with Gasteiger partial charge in [-0.25, -0.2) is 0 Å². The van der Waals surface area contributed by atoms with Crippen molar-refractivity contribution in [2.75, 3.05) is 0 Å². The van der Waals surface area contributed by atoms with E-state index in [0.29, 0.717) is 10.0 Å². The number of nitrogens with zero attached hydrogens (tertiary/aromatic N) is 4. The average molecular weight is 407 g/mol. The molecule has 4 aromatic rings. The number of pyridine rings is 4. The van der Waals surface area contributed by atoms with E-state index < -0.39 is 0 Å². The molecule has 0 radical (unpaired) electrons. The molecule has 0 saturated carbocycles. The van der Waals surface area contributed by atoms with Gasteiger partial charge in [-0.3, -0.25) is 19.9 Å². The van der Waals surface area contributed by atoms with E-state index in [1.54, 1.807) is 36.9 Å². The maximum absolute atomic E-state index is 6.29. The first-order valence-electron chi connectivity index (χ1n) is 8.77. The van der Waals surface area contributed by atoms with Crippen LogP contribution in [0.15, 0.2) is 85.5 Å². The lowest BCUT2D eigenvalue weighted by molar-refractivity contribution is 0.626. The van der Waals surface area contributed by atoms with E-state index in [1.807, 2.05) is 48.5 Å². The van der Waals surface area contributed by atoms with E-state index >= 15 is 0 Å². The molecule has 0 spiro atoms. The van der Waals surface area contributed by atoms with Gasteiger partial charge in [0.1, 0.15) is 0 Å². The Morgan fingerprint density at radius 1 is 0.500 bits per heavy atom. The molecule has 4 rings (SSSR count). The lowest BCUT2D eigenvalue weighted by Gasteiger charge is -2.26. The summed E-state index contributed by atoms with van der Waals surface area (Å²) in [7, 11) is 0. The van der Waals surface area contributed by atoms with E-state index in [-0.39, 0.29) is 11.8 Å². The van der Waals surface area contributed by atoms with Gasteiger partial charge in [0.05, 0.1) is 34.6 Å². The van der Waals surface area contributed by atoms with Crippen molar-refractivity contribution in [1.29, 1.82) is 0 Å². The Bertz CT molecular complexity index is 971. The summed E-state index contributed by atoms with van der Waals surface area (Å²) < 4.78 is 0. The Labute approximate surface area is 173 Å². The van der Waals surface area contributed by atoms with E-state index in [4.69, 9.17) is 23.2 Å². The first kappa shape index (κ1) is 18.5. The Balaban J connectivity index is 1.96. The zero-order valence-corrected chi connectivity index (χ0v) is 16.3. The number of hydrogen-bond donors (Lipinski definition) is 0. The van der Waals surface area contributed by atoms with Crippen LogP contribution in [0.5, 0.6) is 0 Å². The second-order valence-electron chi connectivity index (χ2n) is 6.26. The highest BCUT2D eigenvalue weighted by Gasteiger charge is 2.32. The zero-order chi connectivity index (χ0) is 19.3. The topological polar surface area (TPSA) is 51.6 Å². The van der Waals surface area contributed by atoms with Crippen molar-refractivity contribution >= 4 is 23.2 Å². The fourth-order valence-electron chi connectivity index (χ4n) is 3.29. The van der Waals surface area contributed by atoms with Crippen LogP contribution in [-0.4, -0.2) is 19.9 Å². The van der Waals surface area contributed by atoms with Gasteiger partial charge in [0, 0.05) is 34.8 Å². The maximum atomic E-state index is 6.29. The van der Waals surface area contributed by atoms with Crippen LogP contribution in [-0.2, 0) is 0 Å². The predicted molar refractivity (Wildman–Crippen MR) is 111 cm³/mol. The second-order valence-corrected chi connectivity index (χ2v) is 7.14. The third-order valence-electron chi connectivity index (χ3n) is 4.47. The van der Waals surface area contributed by atoms with Gasteiger partial charge in [-0.2, -0.15) is 0 Å². The molecule has 0 bridgehead atoms. The Morgan fingerprint density at radius 3 is 1.29 bits per heavy atom. The minimum atomic E-state index is -0.235. The Kier molecular flexibility index (Phi) is 5.60. The van der Waals surface area contributed by atoms with Crippen molar-refractivity contribution in [1.82, 2.24) is 19.9 Å². The molecule has 4 aromatic heterocycles. The van der Waals surface area contributed by atoms with E-state index in [2.05, 4.69) is 19.9 Å². The standard InChI is InChI=1S/C22H16Cl2N4/c23-15-7-11-27-19(13-15)21(17-5-1-3-9-25-17)22(18-6-2-4-10-26-18)20-14-16(24)8-12-28-20/h1-14,21-22H. The second kappa shape index (κ2) is 8.46. The van der Waals surface area contributed by atoms with Gasteiger partial charge in [-0.15, -0.1) is 0 Å². The molecule has 0 aliphatic carbocycles. The molecule has 138 valence electrons. The summed E-state index contributed by atoms with van der Waals surface area (Å²) in [5.41, 5.74) is 3.30. The highest BCUT2D eigenvalue weighted by atomic mass is 35.5. The summed E-state index contributed by atoms with van der Waals surface area (Å²) in [6.45, 7) is 0. The number of hydrogen-bond acceptors (Lipinski definition) is 4. The molecule has 0 aliphatic rings. The van der Waals surface area contributed by atoms with E-state index in [0.717, 1.165) is 22.8 Å². The Morgan fingerprint density at radius 2 is 0.929 bits per heavy atom. The van der Waals surface area contributed by atoms with Crippen LogP contribution in [0.2, 0.25) is 10.0 Å². The van der Waals surface area contributed by atoms with Crippen LogP contribution in [0.1, 0.15) is 34.6 Å². The maximum Gasteiger partial charge on any atom is 0.0576 e. The largest absolute Gasteiger partial charge is 0.261 e. The molecule has 2 unspecified atom stereocenters. The number of rotatable bonds is 5. The number of halogens is 2. The van der Waals surface area contributed by atoms with Crippen molar-refractivity contribution in [2.45, 2.75) is 11.8 Å². The summed E-state index contributed by atoms with van der Waals surface area (Å²) in [6, 6.07) is 18.9. The van der Waals surface area contributed by atoms with Crippen molar-refractivity contribution < 1.29 is 0 Å². The SMILES string of the molecule is Clc1ccnc(C(c2ccccn2)C(c2ccccn2)c2cc(Cl)ccn2)c1. The van der Waals surface area contributed by atoms with Crippen LogP contribution < -0.4 is 0 Å². The fourth-order valence-corrected chi connectivity index (χ4v) is 3.62. The molecule has 0 N–H and O–H groups in total. The van der Waals surface area contributed by atoms with Crippen molar-refractivity contribution in [3.63, 3.8) is 0 Å². The normalized spacial score (nSPS) is 13.1. The summed E-state index contributed by atoms with van der Waals surface area (Å²) in [5, 5.41) is 1.23. The quantitative estimate of drug-likeness (QED) is 0.436. The monoisotopic (exact) mass is 406 g/mol. The molecule has 0 amide bonds. The summed E-state index contributed by atoms with van der Waals surface area (Å²) in [6.07, 6.45) is 6.95. The van der Waals surface area contributed by atoms with Gasteiger partial charge < -0.3 is 0 Å². The van der Waals surface area contributed by atoms with Crippen LogP contribution in [0.25, 0.3) is 0 Å². The summed E-state index contributed by atoms with van der Waals surface area (Å²) >= 11 is 12.6. The third kappa shape index (κ3) is 4.03. The average Bonchev–Trinajstić information content (AvgIpc) is 2.73. The molecular formula is C22H16Cl2N4. The van der Waals surface area contributed by atoms with Gasteiger partial charge in [0.15, 0.2) is 0 Å². The van der Waals surface area contributed by atoms with Gasteiger partial charge >= 0.3 is 0 Å². The first-order valence-corrected chi connectivity index (χ1v) is 9.53. The lowest BCUT2D eigenvalue weighted by atomic mass is 9.81.